The zero-order valence-electron chi connectivity index (χ0n) is 28.7. The van der Waals surface area contributed by atoms with Crippen LogP contribution in [0.4, 0.5) is 10.5 Å². The van der Waals surface area contributed by atoms with E-state index < -0.39 is 27.5 Å². The highest BCUT2D eigenvalue weighted by Crippen LogP contribution is 2.50. The number of amides is 3. The van der Waals surface area contributed by atoms with Crippen molar-refractivity contribution in [2.45, 2.75) is 43.2 Å². The van der Waals surface area contributed by atoms with E-state index in [1.165, 1.54) is 56.8 Å². The van der Waals surface area contributed by atoms with Gasteiger partial charge in [-0.2, -0.15) is 4.31 Å². The Balaban J connectivity index is 1.41. The number of anilines is 1. The lowest BCUT2D eigenvalue weighted by Gasteiger charge is -2.43. The number of likely N-dealkylation sites (N-methyl/N-ethyl adjacent to an activating group) is 1. The van der Waals surface area contributed by atoms with Crippen molar-refractivity contribution in [2.24, 2.45) is 0 Å². The van der Waals surface area contributed by atoms with E-state index in [1.54, 1.807) is 24.0 Å². The van der Waals surface area contributed by atoms with Crippen molar-refractivity contribution >= 4 is 39.2 Å². The molecule has 2 saturated heterocycles. The van der Waals surface area contributed by atoms with Crippen molar-refractivity contribution in [1.29, 1.82) is 0 Å². The van der Waals surface area contributed by atoms with Crippen molar-refractivity contribution in [3.8, 4) is 17.4 Å². The summed E-state index contributed by atoms with van der Waals surface area (Å²) in [7, 11) is -1.87. The summed E-state index contributed by atoms with van der Waals surface area (Å²) >= 11 is 6.55. The highest BCUT2D eigenvalue weighted by Gasteiger charge is 2.59. The third-order valence-corrected chi connectivity index (χ3v) is 11.8. The summed E-state index contributed by atoms with van der Waals surface area (Å²) in [4.78, 5) is 40.2. The van der Waals surface area contributed by atoms with Crippen molar-refractivity contribution < 1.29 is 32.2 Å². The molecule has 1 unspecified atom stereocenters. The Morgan fingerprint density at radius 3 is 2.38 bits per heavy atom. The van der Waals surface area contributed by atoms with Gasteiger partial charge in [-0.1, -0.05) is 18.5 Å². The van der Waals surface area contributed by atoms with Gasteiger partial charge in [-0.05, 0) is 68.8 Å². The summed E-state index contributed by atoms with van der Waals surface area (Å²) in [6.07, 6.45) is 3.06. The SMILES string of the molecule is CCOc1ncccc1C1(NC(=O)N2CCC(N3CCN(CC)CC3)CC2)C(=O)N(S(=O)(=O)c2ccc(OC)cc2OC)c2ccc(Cl)cc21. The van der Waals surface area contributed by atoms with Crippen LogP contribution in [-0.2, 0) is 20.4 Å². The first-order valence-corrected chi connectivity index (χ1v) is 18.6. The number of piperazine rings is 1. The first-order valence-electron chi connectivity index (χ1n) is 16.8. The number of fused-ring (bicyclic) bond motifs is 1. The highest BCUT2D eigenvalue weighted by molar-refractivity contribution is 7.93. The Morgan fingerprint density at radius 2 is 1.72 bits per heavy atom. The average Bonchev–Trinajstić information content (AvgIpc) is 3.38. The Kier molecular flexibility index (Phi) is 10.4. The first-order chi connectivity index (χ1) is 24.1. The highest BCUT2D eigenvalue weighted by atomic mass is 35.5. The van der Waals surface area contributed by atoms with Crippen molar-refractivity contribution in [2.75, 3.05) is 70.9 Å². The van der Waals surface area contributed by atoms with Gasteiger partial charge in [-0.15, -0.1) is 0 Å². The summed E-state index contributed by atoms with van der Waals surface area (Å²) in [5, 5.41) is 3.24. The maximum absolute atomic E-state index is 15.1. The second-order valence-corrected chi connectivity index (χ2v) is 14.6. The maximum atomic E-state index is 15.1. The molecular weight excluding hydrogens is 684 g/mol. The quantitative estimate of drug-likeness (QED) is 0.328. The maximum Gasteiger partial charge on any atom is 0.318 e. The molecule has 15 heteroatoms. The van der Waals surface area contributed by atoms with Crippen LogP contribution >= 0.6 is 11.6 Å². The van der Waals surface area contributed by atoms with Crippen LogP contribution < -0.4 is 23.8 Å². The zero-order chi connectivity index (χ0) is 35.6. The van der Waals surface area contributed by atoms with E-state index in [-0.39, 0.29) is 45.0 Å². The van der Waals surface area contributed by atoms with Crippen molar-refractivity contribution in [3.63, 3.8) is 0 Å². The molecule has 0 bridgehead atoms. The number of hydrogen-bond acceptors (Lipinski definition) is 10. The summed E-state index contributed by atoms with van der Waals surface area (Å²) in [5.41, 5.74) is -1.71. The molecule has 268 valence electrons. The van der Waals surface area contributed by atoms with Gasteiger partial charge in [0.15, 0.2) is 5.54 Å². The fourth-order valence-electron chi connectivity index (χ4n) is 7.18. The molecule has 3 aliphatic heterocycles. The molecule has 4 heterocycles. The smallest absolute Gasteiger partial charge is 0.318 e. The molecule has 1 N–H and O–H groups in total. The number of aromatic nitrogens is 1. The van der Waals surface area contributed by atoms with Gasteiger partial charge in [0, 0.05) is 68.2 Å². The molecule has 3 aromatic rings. The number of halogens is 1. The van der Waals surface area contributed by atoms with Crippen LogP contribution in [-0.4, -0.2) is 113 Å². The van der Waals surface area contributed by atoms with E-state index in [0.717, 1.165) is 45.6 Å². The summed E-state index contributed by atoms with van der Waals surface area (Å²) in [6, 6.07) is 11.7. The molecule has 3 amide bonds. The Morgan fingerprint density at radius 1 is 0.980 bits per heavy atom. The van der Waals surface area contributed by atoms with Gasteiger partial charge in [0.25, 0.3) is 15.9 Å². The van der Waals surface area contributed by atoms with E-state index in [4.69, 9.17) is 25.8 Å². The number of benzene rings is 2. The van der Waals surface area contributed by atoms with E-state index >= 15 is 4.79 Å². The molecule has 1 atom stereocenters. The van der Waals surface area contributed by atoms with Gasteiger partial charge in [0.05, 0.1) is 32.1 Å². The number of ether oxygens (including phenoxy) is 3. The van der Waals surface area contributed by atoms with Gasteiger partial charge in [-0.3, -0.25) is 9.69 Å². The van der Waals surface area contributed by atoms with Crippen molar-refractivity contribution in [1.82, 2.24) is 25.0 Å². The largest absolute Gasteiger partial charge is 0.497 e. The third kappa shape index (κ3) is 6.34. The number of pyridine rings is 1. The third-order valence-electron chi connectivity index (χ3n) is 9.85. The molecule has 2 aromatic carbocycles. The molecule has 13 nitrogen and oxygen atoms in total. The fourth-order valence-corrected chi connectivity index (χ4v) is 8.96. The number of methoxy groups -OCH3 is 2. The number of likely N-dealkylation sites (tertiary alicyclic amines) is 1. The minimum Gasteiger partial charge on any atom is -0.497 e. The van der Waals surface area contributed by atoms with Crippen LogP contribution in [0.25, 0.3) is 0 Å². The lowest BCUT2D eigenvalue weighted by molar-refractivity contribution is -0.121. The minimum absolute atomic E-state index is 0.0220. The molecule has 2 fully saturated rings. The van der Waals surface area contributed by atoms with Crippen molar-refractivity contribution in [3.05, 3.63) is 70.9 Å². The lowest BCUT2D eigenvalue weighted by Crippen LogP contribution is -2.59. The number of carbonyl (C=O) groups is 2. The van der Waals surface area contributed by atoms with Crippen LogP contribution in [0.3, 0.4) is 0 Å². The summed E-state index contributed by atoms with van der Waals surface area (Å²) in [5.74, 6) is -0.532. The van der Waals surface area contributed by atoms with Crippen LogP contribution in [0.15, 0.2) is 59.6 Å². The standard InChI is InChI=1S/C35H43ClN6O7S/c1-5-39-18-20-40(21-19-39)25-13-16-41(17-14-25)34(44)38-35(27-8-7-15-37-32(27)49-6-2)28-22-24(36)9-11-29(28)42(33(35)43)50(45,46)31-12-10-26(47-3)23-30(31)48-4/h7-12,15,22-23,25H,5-6,13-14,16-21H2,1-4H3,(H,38,44). The van der Waals surface area contributed by atoms with Crippen LogP contribution in [0, 0.1) is 0 Å². The molecule has 50 heavy (non-hydrogen) atoms. The normalized spacial score (nSPS) is 20.5. The first kappa shape index (κ1) is 35.7. The Labute approximate surface area is 298 Å². The molecular formula is C35H43ClN6O7S. The average molecular weight is 727 g/mol. The number of piperidine rings is 1. The van der Waals surface area contributed by atoms with Crippen LogP contribution in [0.5, 0.6) is 17.4 Å². The Hall–Kier alpha value is -4.11. The Bertz CT molecular complexity index is 1850. The molecule has 0 spiro atoms. The van der Waals surface area contributed by atoms with E-state index in [0.29, 0.717) is 29.2 Å². The zero-order valence-corrected chi connectivity index (χ0v) is 30.3. The second-order valence-electron chi connectivity index (χ2n) is 12.4. The number of urea groups is 1. The molecule has 6 rings (SSSR count). The summed E-state index contributed by atoms with van der Waals surface area (Å²) < 4.78 is 46.5. The number of rotatable bonds is 10. The van der Waals surface area contributed by atoms with E-state index in [2.05, 4.69) is 27.0 Å². The van der Waals surface area contributed by atoms with Gasteiger partial charge >= 0.3 is 6.03 Å². The number of nitrogens with one attached hydrogen (secondary N) is 1. The number of nitrogens with zero attached hydrogens (tertiary/aromatic N) is 5. The molecule has 3 aliphatic rings. The van der Waals surface area contributed by atoms with E-state index in [9.17, 15) is 13.2 Å². The number of carbonyl (C=O) groups excluding carboxylic acids is 2. The topological polar surface area (TPSA) is 134 Å². The fraction of sp³-hybridized carbons (Fsp3) is 0.457. The predicted molar refractivity (Wildman–Crippen MR) is 189 cm³/mol. The van der Waals surface area contributed by atoms with Crippen LogP contribution in [0.2, 0.25) is 5.02 Å². The van der Waals surface area contributed by atoms with Gasteiger partial charge < -0.3 is 29.3 Å². The molecule has 1 aromatic heterocycles. The van der Waals surface area contributed by atoms with Gasteiger partial charge in [0.1, 0.15) is 16.4 Å². The molecule has 0 aliphatic carbocycles. The number of sulfonamides is 1. The lowest BCUT2D eigenvalue weighted by atomic mass is 9.84. The van der Waals surface area contributed by atoms with Crippen LogP contribution in [0.1, 0.15) is 37.8 Å². The second kappa shape index (κ2) is 14.6. The number of hydrogen-bond donors (Lipinski definition) is 1. The predicted octanol–water partition coefficient (Wildman–Crippen LogP) is 3.94. The van der Waals surface area contributed by atoms with Gasteiger partial charge in [-0.25, -0.2) is 18.2 Å². The van der Waals surface area contributed by atoms with Gasteiger partial charge in [0.2, 0.25) is 5.88 Å². The minimum atomic E-state index is -4.65. The van der Waals surface area contributed by atoms with E-state index in [1.807, 2.05) is 0 Å². The monoisotopic (exact) mass is 726 g/mol. The molecule has 0 saturated carbocycles. The molecule has 0 radical (unpaired) electrons. The summed E-state index contributed by atoms with van der Waals surface area (Å²) in [6.45, 7) is 10.2.